The number of hydrogen-bond donors (Lipinski definition) is 4. The van der Waals surface area contributed by atoms with E-state index < -0.39 is 0 Å². The molecule has 3 aromatic heterocycles. The van der Waals surface area contributed by atoms with E-state index in [1.807, 2.05) is 32.4 Å². The number of ether oxygens (including phenoxy) is 4. The summed E-state index contributed by atoms with van der Waals surface area (Å²) in [5.74, 6) is 0.768. The van der Waals surface area contributed by atoms with Gasteiger partial charge in [0.15, 0.2) is 0 Å². The number of aromatic nitrogens is 5. The van der Waals surface area contributed by atoms with Gasteiger partial charge in [0.05, 0.1) is 48.3 Å². The fraction of sp³-hybridized carbons (Fsp3) is 0.571. The highest BCUT2D eigenvalue weighted by atomic mass is 79.9. The predicted molar refractivity (Wildman–Crippen MR) is 306 cm³/mol. The van der Waals surface area contributed by atoms with Crippen molar-refractivity contribution in [3.63, 3.8) is 0 Å². The normalized spacial score (nSPS) is 19.8. The first kappa shape index (κ1) is 56.4. The molecule has 5 aliphatic rings. The van der Waals surface area contributed by atoms with E-state index in [0.717, 1.165) is 142 Å². The average molecular weight is 1160 g/mol. The second kappa shape index (κ2) is 25.6. The Morgan fingerprint density at radius 2 is 1.40 bits per heavy atom. The molecule has 1 aliphatic carbocycles. The van der Waals surface area contributed by atoms with Gasteiger partial charge in [-0.1, -0.05) is 37.9 Å². The molecule has 0 bridgehead atoms. The highest BCUT2D eigenvalue weighted by molar-refractivity contribution is 9.12. The quantitative estimate of drug-likeness (QED) is 0.0882. The number of pyridine rings is 1. The molecule has 4 fully saturated rings. The predicted octanol–water partition coefficient (Wildman–Crippen LogP) is 8.95. The molecule has 2 aromatic carbocycles. The van der Waals surface area contributed by atoms with Gasteiger partial charge in [0.1, 0.15) is 11.3 Å². The number of halogens is 2. The molecule has 4 saturated heterocycles. The van der Waals surface area contributed by atoms with Gasteiger partial charge in [-0.2, -0.15) is 10.2 Å². The zero-order valence-electron chi connectivity index (χ0n) is 45.7. The molecule has 17 nitrogen and oxygen atoms in total. The number of methoxy groups -OCH3 is 1. The number of rotatable bonds is 13. The number of aryl methyl sites for hydroxylation is 2. The number of hydrazine groups is 1. The maximum Gasteiger partial charge on any atom is 0.256 e. The number of hydrogen-bond acceptors (Lipinski definition) is 13. The fourth-order valence-electron chi connectivity index (χ4n) is 11.8. The minimum Gasteiger partial charge on any atom is -0.496 e. The Balaban J connectivity index is 0.000000157. The molecule has 0 spiro atoms. The Bertz CT molecular complexity index is 2900. The van der Waals surface area contributed by atoms with Crippen molar-refractivity contribution in [3.8, 4) is 5.75 Å². The third-order valence-electron chi connectivity index (χ3n) is 15.6. The number of amides is 1. The van der Waals surface area contributed by atoms with Crippen LogP contribution < -0.4 is 30.8 Å². The average Bonchev–Trinajstić information content (AvgIpc) is 4.15. The van der Waals surface area contributed by atoms with Crippen LogP contribution in [-0.4, -0.2) is 145 Å². The summed E-state index contributed by atoms with van der Waals surface area (Å²) in [5, 5.41) is 19.3. The van der Waals surface area contributed by atoms with E-state index in [1.165, 1.54) is 34.1 Å². The highest BCUT2D eigenvalue weighted by Crippen LogP contribution is 2.40. The first-order valence-corrected chi connectivity index (χ1v) is 28.5. The number of nitrogens with zero attached hydrogens (tertiary/aromatic N) is 7. The Morgan fingerprint density at radius 3 is 1.99 bits per heavy atom. The van der Waals surface area contributed by atoms with Crippen LogP contribution >= 0.6 is 31.9 Å². The van der Waals surface area contributed by atoms with Gasteiger partial charge < -0.3 is 43.9 Å². The van der Waals surface area contributed by atoms with Gasteiger partial charge in [-0.3, -0.25) is 19.4 Å². The molecule has 75 heavy (non-hydrogen) atoms. The molecule has 4 N–H and O–H groups in total. The van der Waals surface area contributed by atoms with Gasteiger partial charge in [-0.25, -0.2) is 10.4 Å². The van der Waals surface area contributed by atoms with E-state index in [1.54, 1.807) is 17.7 Å². The lowest BCUT2D eigenvalue weighted by molar-refractivity contribution is 0.0434. The number of allylic oxidation sites excluding steroid dienone is 2. The van der Waals surface area contributed by atoms with Crippen molar-refractivity contribution in [2.75, 3.05) is 89.8 Å². The maximum atomic E-state index is 13.4. The number of benzene rings is 2. The van der Waals surface area contributed by atoms with Crippen molar-refractivity contribution in [1.29, 1.82) is 0 Å². The second-order valence-corrected chi connectivity index (χ2v) is 22.1. The van der Waals surface area contributed by atoms with E-state index in [2.05, 4.69) is 131 Å². The number of carbonyl (C=O) groups excluding carboxylic acids is 1. The molecule has 0 saturated carbocycles. The van der Waals surface area contributed by atoms with Crippen LogP contribution in [0.25, 0.3) is 21.8 Å². The summed E-state index contributed by atoms with van der Waals surface area (Å²) in [5.41, 5.74) is 14.3. The molecule has 408 valence electrons. The second-order valence-electron chi connectivity index (χ2n) is 20.4. The molecular weight excluding hydrogens is 1080 g/mol. The number of nitrogens with one attached hydrogen (secondary N) is 4. The fourth-order valence-corrected chi connectivity index (χ4v) is 12.8. The van der Waals surface area contributed by atoms with Crippen LogP contribution in [-0.2, 0) is 27.8 Å². The number of aromatic amines is 2. The number of H-pyrrole nitrogens is 2. The minimum absolute atomic E-state index is 0.0644. The molecule has 0 radical (unpaired) electrons. The van der Waals surface area contributed by atoms with Gasteiger partial charge >= 0.3 is 0 Å². The van der Waals surface area contributed by atoms with Gasteiger partial charge in [0, 0.05) is 147 Å². The van der Waals surface area contributed by atoms with Crippen molar-refractivity contribution in [2.24, 2.45) is 13.0 Å². The lowest BCUT2D eigenvalue weighted by Gasteiger charge is -2.42. The summed E-state index contributed by atoms with van der Waals surface area (Å²) in [6.07, 6.45) is 12.5. The van der Waals surface area contributed by atoms with Crippen LogP contribution in [0.5, 0.6) is 5.75 Å². The van der Waals surface area contributed by atoms with Gasteiger partial charge in [0.25, 0.3) is 11.5 Å². The van der Waals surface area contributed by atoms with Crippen LogP contribution in [0.4, 0.5) is 11.4 Å². The molecule has 7 heterocycles. The molecule has 5 aromatic rings. The minimum atomic E-state index is -0.269. The number of anilines is 2. The van der Waals surface area contributed by atoms with E-state index in [4.69, 9.17) is 24.0 Å². The van der Waals surface area contributed by atoms with Gasteiger partial charge in [0.2, 0.25) is 0 Å². The van der Waals surface area contributed by atoms with E-state index in [9.17, 15) is 9.59 Å². The lowest BCUT2D eigenvalue weighted by atomic mass is 9.88. The van der Waals surface area contributed by atoms with E-state index >= 15 is 0 Å². The zero-order chi connectivity index (χ0) is 53.5. The zero-order valence-corrected chi connectivity index (χ0v) is 48.9. The van der Waals surface area contributed by atoms with Crippen LogP contribution in [0.1, 0.15) is 99.0 Å². The van der Waals surface area contributed by atoms with E-state index in [0.29, 0.717) is 52.7 Å². The van der Waals surface area contributed by atoms with Crippen molar-refractivity contribution in [1.82, 2.24) is 45.6 Å². The maximum absolute atomic E-state index is 13.4. The molecule has 4 aliphatic heterocycles. The van der Waals surface area contributed by atoms with Crippen molar-refractivity contribution >= 4 is 70.9 Å². The third-order valence-corrected chi connectivity index (χ3v) is 17.3. The van der Waals surface area contributed by atoms with Gasteiger partial charge in [-0.15, -0.1) is 0 Å². The van der Waals surface area contributed by atoms with Crippen molar-refractivity contribution < 1.29 is 23.7 Å². The lowest BCUT2D eigenvalue weighted by Crippen LogP contribution is -2.47. The van der Waals surface area contributed by atoms with Crippen LogP contribution in [0.15, 0.2) is 61.7 Å². The first-order chi connectivity index (χ1) is 36.2. The Morgan fingerprint density at radius 1 is 0.813 bits per heavy atom. The van der Waals surface area contributed by atoms with Crippen molar-refractivity contribution in [2.45, 2.75) is 118 Å². The summed E-state index contributed by atoms with van der Waals surface area (Å²) in [6, 6.07) is 7.67. The molecule has 19 heteroatoms. The largest absolute Gasteiger partial charge is 0.496 e. The molecular formula is C56H79Br2N11O6. The summed E-state index contributed by atoms with van der Waals surface area (Å²) >= 11 is 7.46. The summed E-state index contributed by atoms with van der Waals surface area (Å²) in [4.78, 5) is 36.1. The van der Waals surface area contributed by atoms with Gasteiger partial charge in [-0.05, 0) is 122 Å². The molecule has 10 rings (SSSR count). The van der Waals surface area contributed by atoms with E-state index in [-0.39, 0.29) is 18.0 Å². The topological polar surface area (TPSA) is 170 Å². The standard InChI is InChI=1S/C25H33N5O4.C16H26BrN3O.C15H20BrN3O/c1-6-30(18-7-9-34-10-8-18)23-16(3)19(12-17-14-29(4)28-22(17)23)24(31)26-13-20-21(33-5)11-15(2)27-25(20)32;1-4-20(13-5-7-21-8-6-13)16-11(2)14(17)9-12-10-19(3)18-15(12)16;1-3-19(12-4-6-20-7-5-12)15-10(2)13(16)8-11-9-17-18-14(11)15/h11-12,14,18H,6-10,13H2,1-5H3,(H,26,31)(H,27,32);9,12-13,15,18H,4-8,10H2,1-3H3;8-9,12H,3-7H2,1-2H3,(H,17,18). The number of carbonyl (C=O) groups is 1. The van der Waals surface area contributed by atoms with Crippen LogP contribution in [0.3, 0.4) is 0 Å². The SMILES string of the molecule is CCN(C1=C(C)C(Br)=CC2CN(C)NC12)C1CCOCC1.CCN(c1c(C)c(Br)cc2cn[nH]c12)C1CCOCC1.CCN(c1c(C)c(C(=O)NCc2c(OC)cc(C)[nH]c2=O)cc2cn(C)nc12)C1CCOCC1. The third kappa shape index (κ3) is 12.5. The van der Waals surface area contributed by atoms with Crippen LogP contribution in [0, 0.1) is 26.7 Å². The summed E-state index contributed by atoms with van der Waals surface area (Å²) in [7, 11) is 5.54. The summed E-state index contributed by atoms with van der Waals surface area (Å²) in [6.45, 7) is 23.8. The smallest absolute Gasteiger partial charge is 0.256 e. The monoisotopic (exact) mass is 1160 g/mol. The molecule has 2 atom stereocenters. The molecule has 1 amide bonds. The Labute approximate surface area is 459 Å². The van der Waals surface area contributed by atoms with Crippen LogP contribution in [0.2, 0.25) is 0 Å². The Kier molecular flexibility index (Phi) is 19.3. The number of fused-ring (bicyclic) bond motifs is 3. The highest BCUT2D eigenvalue weighted by Gasteiger charge is 2.40. The first-order valence-electron chi connectivity index (χ1n) is 26.9. The summed E-state index contributed by atoms with van der Waals surface area (Å²) < 4.78 is 26.2. The van der Waals surface area contributed by atoms with Crippen molar-refractivity contribution in [3.05, 3.63) is 95.2 Å². The number of likely N-dealkylation sites (N-methyl/N-ethyl adjacent to an activating group) is 1. The Hall–Kier alpha value is -4.76. The molecule has 2 unspecified atom stereocenters.